The summed E-state index contributed by atoms with van der Waals surface area (Å²) >= 11 is 1.49. The maximum absolute atomic E-state index is 12.8. The minimum absolute atomic E-state index is 0.232. The maximum atomic E-state index is 12.8. The third-order valence-corrected chi connectivity index (χ3v) is 4.62. The highest BCUT2D eigenvalue weighted by molar-refractivity contribution is 7.15. The van der Waals surface area contributed by atoms with E-state index in [9.17, 15) is 4.79 Å². The van der Waals surface area contributed by atoms with Crippen LogP contribution in [0, 0.1) is 6.92 Å². The van der Waals surface area contributed by atoms with Gasteiger partial charge in [-0.1, -0.05) is 0 Å². The number of rotatable bonds is 5. The smallest absolute Gasteiger partial charge is 0.152 e. The minimum Gasteiger partial charge on any atom is -0.379 e. The van der Waals surface area contributed by atoms with Crippen molar-refractivity contribution in [2.45, 2.75) is 13.3 Å². The van der Waals surface area contributed by atoms with Crippen molar-refractivity contribution in [1.82, 2.24) is 19.9 Å². The van der Waals surface area contributed by atoms with Crippen molar-refractivity contribution in [3.05, 3.63) is 41.3 Å². The molecule has 4 rings (SSSR count). The molecule has 1 saturated heterocycles. The number of carbonyl (C=O) groups is 1. The van der Waals surface area contributed by atoms with Crippen LogP contribution in [0.15, 0.2) is 30.6 Å². The molecule has 0 atom stereocenters. The Balaban J connectivity index is 1.58. The molecule has 3 aromatic rings. The van der Waals surface area contributed by atoms with Crippen molar-refractivity contribution < 1.29 is 20.5 Å². The van der Waals surface area contributed by atoms with Crippen LogP contribution in [-0.2, 0) is 16.0 Å². The molecule has 3 aromatic heterocycles. The zero-order chi connectivity index (χ0) is 25.1. The van der Waals surface area contributed by atoms with Crippen LogP contribution >= 0.6 is 11.3 Å². The summed E-state index contributed by atoms with van der Waals surface area (Å²) in [6, 6.07) is 5.28. The van der Waals surface area contributed by atoms with Crippen LogP contribution < -0.4 is 0 Å². The molecule has 0 saturated carbocycles. The van der Waals surface area contributed by atoms with E-state index in [1.165, 1.54) is 17.5 Å². The van der Waals surface area contributed by atoms with Gasteiger partial charge >= 0.3 is 0 Å². The van der Waals surface area contributed by atoms with Crippen LogP contribution in [0.4, 0.5) is 0 Å². The van der Waals surface area contributed by atoms with Gasteiger partial charge in [-0.15, -0.1) is 11.3 Å². The number of Topliss-reactive ketones (excluding diaryl/α,β-unsaturated/α-hetero) is 1. The number of ether oxygens (including phenoxy) is 1. The standard InChI is InChI=1S/C19H20N4O2S/c1-13-20-11-19(26-13)17-3-2-14-10-21-15(9-18(14)22-17)8-16(24)12-23-4-6-25-7-5-23/h2-3,9-11H,4-8,12H2,1H3/i4D2,5D2,6D2,7D2. The molecule has 1 aliphatic rings. The summed E-state index contributed by atoms with van der Waals surface area (Å²) in [6.07, 6.45) is 2.95. The van der Waals surface area contributed by atoms with Gasteiger partial charge in [-0.2, -0.15) is 0 Å². The summed E-state index contributed by atoms with van der Waals surface area (Å²) < 4.78 is 67.4. The Hall–Kier alpha value is -2.22. The van der Waals surface area contributed by atoms with Crippen molar-refractivity contribution in [2.75, 3.05) is 32.7 Å². The quantitative estimate of drug-likeness (QED) is 0.682. The van der Waals surface area contributed by atoms with Crippen LogP contribution in [0.3, 0.4) is 0 Å². The first-order valence-corrected chi connectivity index (χ1v) is 8.64. The molecule has 0 bridgehead atoms. The number of aryl methyl sites for hydroxylation is 1. The molecule has 0 unspecified atom stereocenters. The van der Waals surface area contributed by atoms with Crippen LogP contribution in [0.1, 0.15) is 21.7 Å². The molecule has 26 heavy (non-hydrogen) atoms. The lowest BCUT2D eigenvalue weighted by molar-refractivity contribution is -0.120. The molecular weight excluding hydrogens is 348 g/mol. The molecule has 1 fully saturated rings. The van der Waals surface area contributed by atoms with Gasteiger partial charge in [0.15, 0.2) is 5.78 Å². The number of hydrogen-bond acceptors (Lipinski definition) is 7. The Morgan fingerprint density at radius 1 is 1.31 bits per heavy atom. The third kappa shape index (κ3) is 3.95. The molecule has 7 heteroatoms. The fourth-order valence-electron chi connectivity index (χ4n) is 2.49. The lowest BCUT2D eigenvalue weighted by Gasteiger charge is -2.25. The zero-order valence-electron chi connectivity index (χ0n) is 21.8. The van der Waals surface area contributed by atoms with E-state index in [2.05, 4.69) is 19.7 Å². The predicted molar refractivity (Wildman–Crippen MR) is 101 cm³/mol. The molecule has 0 aromatic carbocycles. The molecule has 0 spiro atoms. The average molecular weight is 377 g/mol. The summed E-state index contributed by atoms with van der Waals surface area (Å²) in [5.41, 5.74) is 1.59. The van der Waals surface area contributed by atoms with Crippen molar-refractivity contribution in [1.29, 1.82) is 0 Å². The van der Waals surface area contributed by atoms with E-state index >= 15 is 0 Å². The second kappa shape index (κ2) is 7.57. The van der Waals surface area contributed by atoms with Gasteiger partial charge in [-0.25, -0.2) is 9.97 Å². The van der Waals surface area contributed by atoms with Gasteiger partial charge in [0.25, 0.3) is 0 Å². The molecule has 1 aliphatic heterocycles. The molecule has 0 N–H and O–H groups in total. The fourth-order valence-corrected chi connectivity index (χ4v) is 3.24. The van der Waals surface area contributed by atoms with Crippen LogP contribution in [-0.4, -0.2) is 58.3 Å². The van der Waals surface area contributed by atoms with Crippen molar-refractivity contribution in [2.24, 2.45) is 0 Å². The molecule has 4 heterocycles. The Morgan fingerprint density at radius 3 is 2.92 bits per heavy atom. The van der Waals surface area contributed by atoms with Crippen LogP contribution in [0.2, 0.25) is 0 Å². The molecular formula is C19H20N4O2S. The number of fused-ring (bicyclic) bond motifs is 1. The largest absolute Gasteiger partial charge is 0.379 e. The number of hydrogen-bond donors (Lipinski definition) is 0. The first-order chi connectivity index (χ1) is 15.6. The second-order valence-corrected chi connectivity index (χ2v) is 6.87. The van der Waals surface area contributed by atoms with E-state index < -0.39 is 38.4 Å². The molecule has 0 aliphatic carbocycles. The van der Waals surface area contributed by atoms with Gasteiger partial charge < -0.3 is 4.74 Å². The number of nitrogens with zero attached hydrogens (tertiary/aromatic N) is 4. The van der Waals surface area contributed by atoms with Crippen LogP contribution in [0.5, 0.6) is 0 Å². The van der Waals surface area contributed by atoms with Gasteiger partial charge in [0.1, 0.15) is 0 Å². The van der Waals surface area contributed by atoms with Crippen molar-refractivity contribution >= 4 is 28.0 Å². The second-order valence-electron chi connectivity index (χ2n) is 5.64. The summed E-state index contributed by atoms with van der Waals surface area (Å²) in [4.78, 5) is 26.9. The van der Waals surface area contributed by atoms with Gasteiger partial charge in [0.2, 0.25) is 0 Å². The molecule has 0 radical (unpaired) electrons. The van der Waals surface area contributed by atoms with Crippen molar-refractivity contribution in [3.8, 4) is 10.6 Å². The minimum atomic E-state index is -3.20. The molecule has 0 amide bonds. The van der Waals surface area contributed by atoms with Crippen molar-refractivity contribution in [3.63, 3.8) is 0 Å². The monoisotopic (exact) mass is 376 g/mol. The van der Waals surface area contributed by atoms with Gasteiger partial charge in [0, 0.05) is 42.0 Å². The average Bonchev–Trinajstić information content (AvgIpc) is 3.16. The van der Waals surface area contributed by atoms with E-state index in [-0.39, 0.29) is 11.3 Å². The summed E-state index contributed by atoms with van der Waals surface area (Å²) in [5, 5.41) is 1.64. The van der Waals surface area contributed by atoms with E-state index in [0.29, 0.717) is 16.9 Å². The lowest BCUT2D eigenvalue weighted by atomic mass is 10.1. The predicted octanol–water partition coefficient (Wildman–Crippen LogP) is 2.51. The number of carbonyl (C=O) groups excluding carboxylic acids is 1. The SMILES string of the molecule is [2H]C1([2H])OC([2H])([2H])C([2H])([2H])N(CC(=O)Cc2cc3nc(-c4cnc(C)s4)ccc3cn2)C1([2H])[2H]. The number of aromatic nitrogens is 3. The van der Waals surface area contributed by atoms with E-state index in [1.807, 2.05) is 19.1 Å². The highest BCUT2D eigenvalue weighted by Crippen LogP contribution is 2.26. The lowest BCUT2D eigenvalue weighted by Crippen LogP contribution is -2.39. The number of ketones is 1. The molecule has 6 nitrogen and oxygen atoms in total. The van der Waals surface area contributed by atoms with Gasteiger partial charge in [0.05, 0.1) is 52.7 Å². The first-order valence-electron chi connectivity index (χ1n) is 11.8. The number of morpholine rings is 1. The van der Waals surface area contributed by atoms with E-state index in [1.54, 1.807) is 12.3 Å². The first kappa shape index (κ1) is 10.2. The third-order valence-electron chi connectivity index (χ3n) is 3.68. The molecule has 134 valence electrons. The summed E-state index contributed by atoms with van der Waals surface area (Å²) in [7, 11) is 0. The Kier molecular flexibility index (Phi) is 2.97. The summed E-state index contributed by atoms with van der Waals surface area (Å²) in [5.74, 6) is -0.678. The highest BCUT2D eigenvalue weighted by Gasteiger charge is 2.15. The van der Waals surface area contributed by atoms with E-state index in [0.717, 1.165) is 15.3 Å². The Bertz CT molecular complexity index is 1240. The highest BCUT2D eigenvalue weighted by atomic mass is 32.1. The van der Waals surface area contributed by atoms with E-state index in [4.69, 9.17) is 11.0 Å². The Morgan fingerprint density at radius 2 is 2.15 bits per heavy atom. The summed E-state index contributed by atoms with van der Waals surface area (Å²) in [6.45, 7) is -11.6. The van der Waals surface area contributed by atoms with Gasteiger partial charge in [-0.3, -0.25) is 14.7 Å². The Labute approximate surface area is 167 Å². The zero-order valence-corrected chi connectivity index (χ0v) is 14.6. The number of thiazole rings is 1. The fraction of sp³-hybridized carbons (Fsp3) is 0.368. The number of pyridine rings is 2. The normalized spacial score (nSPS) is 27.7. The van der Waals surface area contributed by atoms with Crippen LogP contribution in [0.25, 0.3) is 21.5 Å². The maximum Gasteiger partial charge on any atom is 0.152 e. The van der Waals surface area contributed by atoms with Gasteiger partial charge in [-0.05, 0) is 25.1 Å². The topological polar surface area (TPSA) is 68.2 Å².